The highest BCUT2D eigenvalue weighted by Gasteiger charge is 2.41. The summed E-state index contributed by atoms with van der Waals surface area (Å²) in [6.07, 6.45) is -0.707. The summed E-state index contributed by atoms with van der Waals surface area (Å²) in [6.45, 7) is 5.62. The molecule has 0 fully saturated rings. The van der Waals surface area contributed by atoms with Crippen LogP contribution in [0.15, 0.2) is 71.2 Å². The third-order valence-corrected chi connectivity index (χ3v) is 4.76. The number of carbonyl (C=O) groups is 2. The van der Waals surface area contributed by atoms with E-state index in [2.05, 4.69) is 33.1 Å². The third-order valence-electron chi connectivity index (χ3n) is 4.02. The molecule has 152 valence electrons. The van der Waals surface area contributed by atoms with Crippen molar-refractivity contribution < 1.29 is 19.4 Å². The predicted octanol–water partition coefficient (Wildman–Crippen LogP) is 4.50. The molecule has 2 aromatic carbocycles. The maximum absolute atomic E-state index is 12.3. The van der Waals surface area contributed by atoms with Gasteiger partial charge in [0, 0.05) is 10.9 Å². The summed E-state index contributed by atoms with van der Waals surface area (Å²) in [6, 6.07) is 16.0. The minimum Gasteiger partial charge on any atom is -0.479 e. The number of benzene rings is 2. The molecule has 0 spiro atoms. The van der Waals surface area contributed by atoms with Crippen molar-refractivity contribution in [2.24, 2.45) is 0 Å². The van der Waals surface area contributed by atoms with E-state index in [0.29, 0.717) is 11.1 Å². The van der Waals surface area contributed by atoms with E-state index in [1.807, 2.05) is 30.3 Å². The average molecular weight is 477 g/mol. The number of rotatable bonds is 7. The second-order valence-electron chi connectivity index (χ2n) is 6.49. The second-order valence-corrected chi connectivity index (χ2v) is 7.82. The fourth-order valence-electron chi connectivity index (χ4n) is 2.74. The normalized spacial score (nSPS) is 12.3. The Labute approximate surface area is 183 Å². The summed E-state index contributed by atoms with van der Waals surface area (Å²) < 4.78 is 5.93. The topological polar surface area (TPSA) is 87.7 Å². The van der Waals surface area contributed by atoms with Gasteiger partial charge in [0.15, 0.2) is 10.7 Å². The molecule has 6 nitrogen and oxygen atoms in total. The predicted molar refractivity (Wildman–Crippen MR) is 118 cm³/mol. The number of nitrogens with one attached hydrogen (secondary N) is 2. The van der Waals surface area contributed by atoms with Gasteiger partial charge in [-0.25, -0.2) is 9.59 Å². The van der Waals surface area contributed by atoms with Crippen LogP contribution in [0.2, 0.25) is 0 Å². The molecule has 1 unspecified atom stereocenters. The summed E-state index contributed by atoms with van der Waals surface area (Å²) in [5, 5.41) is 15.0. The highest BCUT2D eigenvalue weighted by atomic mass is 79.9. The number of alkyl carbamates (subject to hydrolysis) is 1. The Morgan fingerprint density at radius 3 is 2.34 bits per heavy atom. The van der Waals surface area contributed by atoms with Crippen molar-refractivity contribution >= 4 is 45.3 Å². The largest absolute Gasteiger partial charge is 0.479 e. The van der Waals surface area contributed by atoms with Crippen LogP contribution in [0, 0.1) is 0 Å². The lowest BCUT2D eigenvalue weighted by Crippen LogP contribution is -2.55. The minimum absolute atomic E-state index is 0.0673. The van der Waals surface area contributed by atoms with Crippen LogP contribution in [-0.2, 0) is 21.7 Å². The molecule has 1 atom stereocenters. The first-order valence-electron chi connectivity index (χ1n) is 8.66. The highest BCUT2D eigenvalue weighted by molar-refractivity contribution is 9.10. The van der Waals surface area contributed by atoms with Gasteiger partial charge in [-0.05, 0) is 42.4 Å². The van der Waals surface area contributed by atoms with Gasteiger partial charge in [-0.3, -0.25) is 5.32 Å². The zero-order valence-corrected chi connectivity index (χ0v) is 18.2. The number of thiocarbonyl (C=S) groups is 1. The zero-order valence-electron chi connectivity index (χ0n) is 15.8. The molecule has 0 aromatic heterocycles. The molecule has 0 heterocycles. The summed E-state index contributed by atoms with van der Waals surface area (Å²) in [5.41, 5.74) is 0.338. The van der Waals surface area contributed by atoms with E-state index < -0.39 is 17.6 Å². The van der Waals surface area contributed by atoms with Crippen LogP contribution in [0.25, 0.3) is 0 Å². The molecule has 0 aliphatic carbocycles. The van der Waals surface area contributed by atoms with Crippen molar-refractivity contribution in [3.05, 3.63) is 82.3 Å². The van der Waals surface area contributed by atoms with Gasteiger partial charge in [0.25, 0.3) is 0 Å². The van der Waals surface area contributed by atoms with Gasteiger partial charge < -0.3 is 15.2 Å². The first-order chi connectivity index (χ1) is 13.7. The molecule has 0 saturated carbocycles. The SMILES string of the molecule is C=C(C)CC(NC(=S)NC(=O)OCc1ccccc1)(C(=O)O)c1ccc(Br)cc1. The van der Waals surface area contributed by atoms with E-state index in [9.17, 15) is 14.7 Å². The van der Waals surface area contributed by atoms with Gasteiger partial charge in [-0.2, -0.15) is 0 Å². The molecule has 0 saturated heterocycles. The van der Waals surface area contributed by atoms with E-state index in [0.717, 1.165) is 10.0 Å². The van der Waals surface area contributed by atoms with Crippen LogP contribution in [-0.4, -0.2) is 22.3 Å². The van der Waals surface area contributed by atoms with Crippen LogP contribution in [0.5, 0.6) is 0 Å². The van der Waals surface area contributed by atoms with Crippen LogP contribution >= 0.6 is 28.1 Å². The fourth-order valence-corrected chi connectivity index (χ4v) is 3.26. The zero-order chi connectivity index (χ0) is 21.4. The fraction of sp³-hybridized carbons (Fsp3) is 0.190. The monoisotopic (exact) mass is 476 g/mol. The number of amides is 1. The quantitative estimate of drug-likeness (QED) is 0.402. The Morgan fingerprint density at radius 2 is 1.79 bits per heavy atom. The Hall–Kier alpha value is -2.71. The van der Waals surface area contributed by atoms with Gasteiger partial charge in [0.1, 0.15) is 6.61 Å². The van der Waals surface area contributed by atoms with E-state index in [1.165, 1.54) is 0 Å². The second kappa shape index (κ2) is 10.2. The van der Waals surface area contributed by atoms with Gasteiger partial charge in [0.05, 0.1) is 0 Å². The number of carboxylic acids is 1. The number of carbonyl (C=O) groups excluding carboxylic acids is 1. The molecule has 29 heavy (non-hydrogen) atoms. The number of hydrogen-bond donors (Lipinski definition) is 3. The van der Waals surface area contributed by atoms with Crippen LogP contribution < -0.4 is 10.6 Å². The maximum atomic E-state index is 12.3. The molecular formula is C21H21BrN2O4S. The Bertz CT molecular complexity index is 903. The van der Waals surface area contributed by atoms with Gasteiger partial charge in [-0.1, -0.05) is 64.0 Å². The molecule has 1 amide bonds. The smallest absolute Gasteiger partial charge is 0.413 e. The molecule has 0 radical (unpaired) electrons. The van der Waals surface area contributed by atoms with Crippen molar-refractivity contribution in [2.75, 3.05) is 0 Å². The van der Waals surface area contributed by atoms with Gasteiger partial charge in [0.2, 0.25) is 0 Å². The molecule has 2 rings (SSSR count). The van der Waals surface area contributed by atoms with Crippen molar-refractivity contribution in [1.29, 1.82) is 0 Å². The van der Waals surface area contributed by atoms with Crippen molar-refractivity contribution in [1.82, 2.24) is 10.6 Å². The summed E-state index contributed by atoms with van der Waals surface area (Å²) in [4.78, 5) is 24.3. The standard InChI is InChI=1S/C21H21BrN2O4S/c1-14(2)12-21(18(25)26,16-8-10-17(22)11-9-16)24-19(29)23-20(27)28-13-15-6-4-3-5-7-15/h3-11H,1,12-13H2,2H3,(H,25,26)(H2,23,24,27,29). The summed E-state index contributed by atoms with van der Waals surface area (Å²) in [7, 11) is 0. The van der Waals surface area contributed by atoms with Gasteiger partial charge in [-0.15, -0.1) is 6.58 Å². The van der Waals surface area contributed by atoms with E-state index in [-0.39, 0.29) is 18.1 Å². The number of hydrogen-bond acceptors (Lipinski definition) is 4. The van der Waals surface area contributed by atoms with Crippen molar-refractivity contribution in [2.45, 2.75) is 25.5 Å². The molecular weight excluding hydrogens is 456 g/mol. The number of halogens is 1. The molecule has 3 N–H and O–H groups in total. The van der Waals surface area contributed by atoms with Crippen molar-refractivity contribution in [3.8, 4) is 0 Å². The van der Waals surface area contributed by atoms with E-state index in [4.69, 9.17) is 17.0 Å². The van der Waals surface area contributed by atoms with E-state index in [1.54, 1.807) is 31.2 Å². The number of carboxylic acid groups (broad SMARTS) is 1. The van der Waals surface area contributed by atoms with Crippen LogP contribution in [0.4, 0.5) is 4.79 Å². The summed E-state index contributed by atoms with van der Waals surface area (Å²) in [5.74, 6) is -1.15. The first-order valence-corrected chi connectivity index (χ1v) is 9.87. The maximum Gasteiger partial charge on any atom is 0.413 e. The molecule has 8 heteroatoms. The lowest BCUT2D eigenvalue weighted by molar-refractivity contribution is -0.144. The lowest BCUT2D eigenvalue weighted by atomic mass is 9.84. The third kappa shape index (κ3) is 6.40. The lowest BCUT2D eigenvalue weighted by Gasteiger charge is -2.32. The summed E-state index contributed by atoms with van der Waals surface area (Å²) >= 11 is 8.52. The highest BCUT2D eigenvalue weighted by Crippen LogP contribution is 2.30. The molecule has 2 aromatic rings. The van der Waals surface area contributed by atoms with Crippen LogP contribution in [0.3, 0.4) is 0 Å². The molecule has 0 aliphatic heterocycles. The minimum atomic E-state index is -1.59. The van der Waals surface area contributed by atoms with E-state index >= 15 is 0 Å². The van der Waals surface area contributed by atoms with Crippen molar-refractivity contribution in [3.63, 3.8) is 0 Å². The van der Waals surface area contributed by atoms with Gasteiger partial charge >= 0.3 is 12.1 Å². The Balaban J connectivity index is 2.13. The molecule has 0 aliphatic rings. The number of aliphatic carboxylic acids is 1. The number of ether oxygens (including phenoxy) is 1. The average Bonchev–Trinajstić information content (AvgIpc) is 2.66. The van der Waals surface area contributed by atoms with Crippen LogP contribution in [0.1, 0.15) is 24.5 Å². The molecule has 0 bridgehead atoms. The Morgan fingerprint density at radius 1 is 1.17 bits per heavy atom. The Kier molecular flexibility index (Phi) is 7.92. The first kappa shape index (κ1) is 22.6.